The topological polar surface area (TPSA) is 35.2 Å². The van der Waals surface area contributed by atoms with Gasteiger partial charge in [0.25, 0.3) is 0 Å². The van der Waals surface area contributed by atoms with Gasteiger partial charge in [-0.25, -0.2) is 0 Å². The third-order valence-corrected chi connectivity index (χ3v) is 3.18. The van der Waals surface area contributed by atoms with Gasteiger partial charge in [-0.1, -0.05) is 19.8 Å². The van der Waals surface area contributed by atoms with Gasteiger partial charge in [0.15, 0.2) is 0 Å². The summed E-state index contributed by atoms with van der Waals surface area (Å²) >= 11 is 0. The summed E-state index contributed by atoms with van der Waals surface area (Å²) in [6.45, 7) is 7.28. The SMILES string of the molecule is CC1CCCC(N)(CCOC(C)C)C1. The summed E-state index contributed by atoms with van der Waals surface area (Å²) in [7, 11) is 0. The van der Waals surface area contributed by atoms with Crippen LogP contribution in [0.1, 0.15) is 52.9 Å². The van der Waals surface area contributed by atoms with Gasteiger partial charge in [-0.2, -0.15) is 0 Å². The molecule has 2 atom stereocenters. The Kier molecular flexibility index (Phi) is 4.39. The third kappa shape index (κ3) is 3.97. The Hall–Kier alpha value is -0.0800. The van der Waals surface area contributed by atoms with E-state index in [1.165, 1.54) is 25.7 Å². The van der Waals surface area contributed by atoms with Gasteiger partial charge in [0, 0.05) is 12.1 Å². The van der Waals surface area contributed by atoms with Crippen molar-refractivity contribution in [2.24, 2.45) is 11.7 Å². The first-order valence-corrected chi connectivity index (χ1v) is 5.92. The maximum Gasteiger partial charge on any atom is 0.0518 e. The summed E-state index contributed by atoms with van der Waals surface area (Å²) in [6.07, 6.45) is 6.35. The molecule has 2 nitrogen and oxygen atoms in total. The van der Waals surface area contributed by atoms with Crippen LogP contribution in [0.3, 0.4) is 0 Å². The molecule has 0 aromatic heterocycles. The molecular formula is C12H25NO. The molecule has 84 valence electrons. The van der Waals surface area contributed by atoms with E-state index in [4.69, 9.17) is 10.5 Å². The molecule has 0 saturated heterocycles. The molecule has 0 amide bonds. The lowest BCUT2D eigenvalue weighted by atomic mass is 9.75. The van der Waals surface area contributed by atoms with Gasteiger partial charge >= 0.3 is 0 Å². The minimum Gasteiger partial charge on any atom is -0.379 e. The third-order valence-electron chi connectivity index (χ3n) is 3.18. The first-order chi connectivity index (χ1) is 6.52. The smallest absolute Gasteiger partial charge is 0.0518 e. The highest BCUT2D eigenvalue weighted by molar-refractivity contribution is 4.89. The monoisotopic (exact) mass is 199 g/mol. The van der Waals surface area contributed by atoms with E-state index in [0.29, 0.717) is 6.10 Å². The summed E-state index contributed by atoms with van der Waals surface area (Å²) in [5.74, 6) is 0.799. The van der Waals surface area contributed by atoms with Gasteiger partial charge < -0.3 is 10.5 Å². The predicted molar refractivity (Wildman–Crippen MR) is 60.3 cm³/mol. The van der Waals surface area contributed by atoms with Crippen molar-refractivity contribution >= 4 is 0 Å². The van der Waals surface area contributed by atoms with Crippen LogP contribution in [-0.2, 0) is 4.74 Å². The van der Waals surface area contributed by atoms with Crippen LogP contribution in [0, 0.1) is 5.92 Å². The van der Waals surface area contributed by atoms with Crippen molar-refractivity contribution in [3.05, 3.63) is 0 Å². The number of hydrogen-bond acceptors (Lipinski definition) is 2. The number of ether oxygens (including phenoxy) is 1. The standard InChI is InChI=1S/C12H25NO/c1-10(2)14-8-7-12(13)6-4-5-11(3)9-12/h10-11H,4-9,13H2,1-3H3. The fourth-order valence-corrected chi connectivity index (χ4v) is 2.43. The summed E-state index contributed by atoms with van der Waals surface area (Å²) in [4.78, 5) is 0. The van der Waals surface area contributed by atoms with E-state index in [2.05, 4.69) is 20.8 Å². The van der Waals surface area contributed by atoms with Gasteiger partial charge in [0.2, 0.25) is 0 Å². The average Bonchev–Trinajstić information content (AvgIpc) is 2.01. The van der Waals surface area contributed by atoms with Crippen LogP contribution >= 0.6 is 0 Å². The van der Waals surface area contributed by atoms with Crippen molar-refractivity contribution in [3.63, 3.8) is 0 Å². The zero-order valence-corrected chi connectivity index (χ0v) is 9.88. The molecule has 1 rings (SSSR count). The first-order valence-electron chi connectivity index (χ1n) is 5.92. The number of nitrogens with two attached hydrogens (primary N) is 1. The second kappa shape index (κ2) is 5.13. The van der Waals surface area contributed by atoms with Gasteiger partial charge in [0.1, 0.15) is 0 Å². The second-order valence-corrected chi connectivity index (χ2v) is 5.23. The lowest BCUT2D eigenvalue weighted by molar-refractivity contribution is 0.0561. The molecule has 0 radical (unpaired) electrons. The molecule has 0 heterocycles. The summed E-state index contributed by atoms with van der Waals surface area (Å²) in [5.41, 5.74) is 6.42. The molecule has 0 aromatic rings. The number of rotatable bonds is 4. The van der Waals surface area contributed by atoms with E-state index in [0.717, 1.165) is 18.9 Å². The van der Waals surface area contributed by atoms with Crippen LogP contribution in [0.4, 0.5) is 0 Å². The molecule has 2 unspecified atom stereocenters. The molecule has 14 heavy (non-hydrogen) atoms. The lowest BCUT2D eigenvalue weighted by Gasteiger charge is -2.37. The van der Waals surface area contributed by atoms with E-state index < -0.39 is 0 Å². The average molecular weight is 199 g/mol. The molecule has 1 fully saturated rings. The Labute approximate surface area is 88.2 Å². The number of hydrogen-bond donors (Lipinski definition) is 1. The van der Waals surface area contributed by atoms with Crippen LogP contribution in [0.5, 0.6) is 0 Å². The molecule has 2 heteroatoms. The van der Waals surface area contributed by atoms with Crippen molar-refractivity contribution in [2.45, 2.75) is 64.5 Å². The lowest BCUT2D eigenvalue weighted by Crippen LogP contribution is -2.44. The van der Waals surface area contributed by atoms with Crippen LogP contribution < -0.4 is 5.73 Å². The molecule has 0 spiro atoms. The summed E-state index contributed by atoms with van der Waals surface area (Å²) in [5, 5.41) is 0. The van der Waals surface area contributed by atoms with E-state index in [1.54, 1.807) is 0 Å². The molecule has 0 aliphatic heterocycles. The van der Waals surface area contributed by atoms with Gasteiger partial charge in [0.05, 0.1) is 6.10 Å². The normalized spacial score (nSPS) is 33.6. The Bertz CT molecular complexity index is 170. The summed E-state index contributed by atoms with van der Waals surface area (Å²) in [6, 6.07) is 0. The molecule has 1 saturated carbocycles. The molecule has 0 aromatic carbocycles. The Morgan fingerprint density at radius 1 is 1.50 bits per heavy atom. The fourth-order valence-electron chi connectivity index (χ4n) is 2.43. The first kappa shape index (κ1) is 12.0. The molecular weight excluding hydrogens is 174 g/mol. The Morgan fingerprint density at radius 3 is 2.79 bits per heavy atom. The minimum absolute atomic E-state index is 0.0621. The second-order valence-electron chi connectivity index (χ2n) is 5.23. The van der Waals surface area contributed by atoms with Gasteiger partial charge in [-0.15, -0.1) is 0 Å². The highest BCUT2D eigenvalue weighted by Crippen LogP contribution is 2.32. The highest BCUT2D eigenvalue weighted by Gasteiger charge is 2.30. The van der Waals surface area contributed by atoms with Crippen LogP contribution in [0.25, 0.3) is 0 Å². The highest BCUT2D eigenvalue weighted by atomic mass is 16.5. The minimum atomic E-state index is 0.0621. The largest absolute Gasteiger partial charge is 0.379 e. The maximum absolute atomic E-state index is 6.36. The van der Waals surface area contributed by atoms with E-state index >= 15 is 0 Å². The van der Waals surface area contributed by atoms with Crippen molar-refractivity contribution in [1.82, 2.24) is 0 Å². The molecule has 2 N–H and O–H groups in total. The quantitative estimate of drug-likeness (QED) is 0.755. The zero-order valence-electron chi connectivity index (χ0n) is 9.88. The molecule has 1 aliphatic carbocycles. The fraction of sp³-hybridized carbons (Fsp3) is 1.00. The van der Waals surface area contributed by atoms with Crippen molar-refractivity contribution in [2.75, 3.05) is 6.61 Å². The molecule has 0 bridgehead atoms. The van der Waals surface area contributed by atoms with Crippen molar-refractivity contribution in [1.29, 1.82) is 0 Å². The maximum atomic E-state index is 6.36. The molecule has 1 aliphatic rings. The van der Waals surface area contributed by atoms with Crippen molar-refractivity contribution in [3.8, 4) is 0 Å². The van der Waals surface area contributed by atoms with Crippen molar-refractivity contribution < 1.29 is 4.74 Å². The van der Waals surface area contributed by atoms with E-state index in [-0.39, 0.29) is 5.54 Å². The summed E-state index contributed by atoms with van der Waals surface area (Å²) < 4.78 is 5.57. The van der Waals surface area contributed by atoms with Gasteiger partial charge in [-0.3, -0.25) is 0 Å². The zero-order chi connectivity index (χ0) is 10.6. The Morgan fingerprint density at radius 2 is 2.21 bits per heavy atom. The van der Waals surface area contributed by atoms with E-state index in [9.17, 15) is 0 Å². The van der Waals surface area contributed by atoms with Crippen LogP contribution in [0.2, 0.25) is 0 Å². The van der Waals surface area contributed by atoms with Crippen LogP contribution in [0.15, 0.2) is 0 Å². The Balaban J connectivity index is 2.26. The predicted octanol–water partition coefficient (Wildman–Crippen LogP) is 2.71. The van der Waals surface area contributed by atoms with Crippen LogP contribution in [-0.4, -0.2) is 18.2 Å². The van der Waals surface area contributed by atoms with Gasteiger partial charge in [-0.05, 0) is 39.0 Å². The van der Waals surface area contributed by atoms with E-state index in [1.807, 2.05) is 0 Å².